The first-order chi connectivity index (χ1) is 18.0. The Morgan fingerprint density at radius 1 is 0.946 bits per heavy atom. The third kappa shape index (κ3) is 4.47. The van der Waals surface area contributed by atoms with Crippen molar-refractivity contribution < 1.29 is 9.18 Å². The Labute approximate surface area is 217 Å². The maximum atomic E-state index is 13.3. The van der Waals surface area contributed by atoms with Crippen LogP contribution in [0, 0.1) is 5.82 Å². The normalized spacial score (nSPS) is 13.8. The number of carbonyl (C=O) groups is 1. The summed E-state index contributed by atoms with van der Waals surface area (Å²) in [6.07, 6.45) is 7.05. The number of hydrogen-bond donors (Lipinski definition) is 2. The summed E-state index contributed by atoms with van der Waals surface area (Å²) in [6, 6.07) is 19.2. The molecular formula is C29H22FN5OS. The van der Waals surface area contributed by atoms with Crippen molar-refractivity contribution in [2.45, 2.75) is 18.3 Å². The molecule has 6 rings (SSSR count). The van der Waals surface area contributed by atoms with Crippen molar-refractivity contribution in [3.8, 4) is 22.5 Å². The molecule has 0 saturated heterocycles. The highest BCUT2D eigenvalue weighted by molar-refractivity contribution is 7.10. The molecule has 1 aliphatic carbocycles. The second kappa shape index (κ2) is 9.22. The van der Waals surface area contributed by atoms with E-state index in [2.05, 4.69) is 15.3 Å². The summed E-state index contributed by atoms with van der Waals surface area (Å²) in [5.41, 5.74) is 11.9. The lowest BCUT2D eigenvalue weighted by molar-refractivity contribution is 0.102. The average molecular weight is 508 g/mol. The van der Waals surface area contributed by atoms with Crippen LogP contribution in [0.1, 0.15) is 33.8 Å². The number of nitrogens with two attached hydrogens (primary N) is 1. The lowest BCUT2D eigenvalue weighted by Crippen LogP contribution is -2.14. The molecule has 2 aromatic heterocycles. The fraction of sp³-hybridized carbons (Fsp3) is 0.103. The second-order valence-electron chi connectivity index (χ2n) is 9.05. The summed E-state index contributed by atoms with van der Waals surface area (Å²) >= 11 is 1.63. The van der Waals surface area contributed by atoms with Crippen LogP contribution in [-0.4, -0.2) is 20.9 Å². The SMILES string of the molecule is Nc1ccc(-c2ccc(F)cc2)cc1NC(=O)c1ccc(C2(c3nc(-c4cnccn4)cs3)CC2)cc1. The predicted molar refractivity (Wildman–Crippen MR) is 144 cm³/mol. The molecule has 0 unspecified atom stereocenters. The number of anilines is 2. The van der Waals surface area contributed by atoms with Gasteiger partial charge in [-0.25, -0.2) is 9.37 Å². The van der Waals surface area contributed by atoms with Crippen molar-refractivity contribution in [1.29, 1.82) is 0 Å². The summed E-state index contributed by atoms with van der Waals surface area (Å²) in [6.45, 7) is 0. The Balaban J connectivity index is 1.20. The lowest BCUT2D eigenvalue weighted by atomic mass is 9.95. The van der Waals surface area contributed by atoms with Gasteiger partial charge >= 0.3 is 0 Å². The molecular weight excluding hydrogens is 485 g/mol. The van der Waals surface area contributed by atoms with E-state index in [1.807, 2.05) is 35.7 Å². The first-order valence-corrected chi connectivity index (χ1v) is 12.7. The van der Waals surface area contributed by atoms with Crippen molar-refractivity contribution in [2.24, 2.45) is 0 Å². The Bertz CT molecular complexity index is 1580. The van der Waals surface area contributed by atoms with Gasteiger partial charge in [0.15, 0.2) is 0 Å². The van der Waals surface area contributed by atoms with Crippen LogP contribution in [0.25, 0.3) is 22.5 Å². The first kappa shape index (κ1) is 23.0. The van der Waals surface area contributed by atoms with E-state index < -0.39 is 0 Å². The van der Waals surface area contributed by atoms with Gasteiger partial charge in [-0.1, -0.05) is 30.3 Å². The molecule has 37 heavy (non-hydrogen) atoms. The molecule has 0 aliphatic heterocycles. The smallest absolute Gasteiger partial charge is 0.255 e. The third-order valence-corrected chi connectivity index (χ3v) is 7.71. The van der Waals surface area contributed by atoms with Gasteiger partial charge in [0.25, 0.3) is 5.91 Å². The van der Waals surface area contributed by atoms with Crippen molar-refractivity contribution in [3.05, 3.63) is 113 Å². The molecule has 1 amide bonds. The fourth-order valence-corrected chi connectivity index (χ4v) is 5.51. The van der Waals surface area contributed by atoms with E-state index >= 15 is 0 Å². The molecule has 0 spiro atoms. The second-order valence-corrected chi connectivity index (χ2v) is 9.91. The number of thiazole rings is 1. The van der Waals surface area contributed by atoms with Crippen LogP contribution in [0.3, 0.4) is 0 Å². The number of halogens is 1. The Morgan fingerprint density at radius 3 is 2.41 bits per heavy atom. The number of nitrogen functional groups attached to an aromatic ring is 1. The maximum Gasteiger partial charge on any atom is 0.255 e. The van der Waals surface area contributed by atoms with E-state index in [1.54, 1.807) is 54.2 Å². The number of rotatable bonds is 6. The fourth-order valence-electron chi connectivity index (χ4n) is 4.42. The number of benzene rings is 3. The van der Waals surface area contributed by atoms with Gasteiger partial charge < -0.3 is 11.1 Å². The van der Waals surface area contributed by atoms with E-state index in [0.717, 1.165) is 45.9 Å². The number of carbonyl (C=O) groups excluding carboxylic acids is 1. The minimum Gasteiger partial charge on any atom is -0.397 e. The molecule has 182 valence electrons. The number of amides is 1. The monoisotopic (exact) mass is 507 g/mol. The van der Waals surface area contributed by atoms with E-state index in [0.29, 0.717) is 16.9 Å². The van der Waals surface area contributed by atoms with Crippen molar-refractivity contribution in [3.63, 3.8) is 0 Å². The van der Waals surface area contributed by atoms with Crippen LogP contribution in [0.15, 0.2) is 90.7 Å². The van der Waals surface area contributed by atoms with Gasteiger partial charge in [-0.15, -0.1) is 11.3 Å². The summed E-state index contributed by atoms with van der Waals surface area (Å²) in [5.74, 6) is -0.552. The van der Waals surface area contributed by atoms with Crippen LogP contribution < -0.4 is 11.1 Å². The zero-order valence-electron chi connectivity index (χ0n) is 19.7. The van der Waals surface area contributed by atoms with Crippen LogP contribution in [0.2, 0.25) is 0 Å². The topological polar surface area (TPSA) is 93.8 Å². The van der Waals surface area contributed by atoms with Gasteiger partial charge in [0.05, 0.1) is 17.6 Å². The third-order valence-electron chi connectivity index (χ3n) is 6.67. The van der Waals surface area contributed by atoms with Gasteiger partial charge in [-0.2, -0.15) is 0 Å². The van der Waals surface area contributed by atoms with Crippen molar-refractivity contribution >= 4 is 28.6 Å². The average Bonchev–Trinajstić information content (AvgIpc) is 3.59. The molecule has 2 heterocycles. The highest BCUT2D eigenvalue weighted by Crippen LogP contribution is 2.54. The quantitative estimate of drug-likeness (QED) is 0.262. The molecule has 1 aliphatic rings. The van der Waals surface area contributed by atoms with Crippen molar-refractivity contribution in [1.82, 2.24) is 15.0 Å². The Hall–Kier alpha value is -4.43. The van der Waals surface area contributed by atoms with Gasteiger partial charge in [-0.05, 0) is 65.9 Å². The van der Waals surface area contributed by atoms with E-state index in [1.165, 1.54) is 12.1 Å². The number of nitrogens with zero attached hydrogens (tertiary/aromatic N) is 3. The molecule has 6 nitrogen and oxygen atoms in total. The van der Waals surface area contributed by atoms with Crippen LogP contribution >= 0.6 is 11.3 Å². The molecule has 1 fully saturated rings. The summed E-state index contributed by atoms with van der Waals surface area (Å²) in [4.78, 5) is 26.4. The molecule has 1 saturated carbocycles. The molecule has 0 radical (unpaired) electrons. The summed E-state index contributed by atoms with van der Waals surface area (Å²) in [5, 5.41) is 5.99. The van der Waals surface area contributed by atoms with Crippen molar-refractivity contribution in [2.75, 3.05) is 11.1 Å². The molecule has 5 aromatic rings. The molecule has 0 bridgehead atoms. The van der Waals surface area contributed by atoms with E-state index in [4.69, 9.17) is 10.7 Å². The Morgan fingerprint density at radius 2 is 1.70 bits per heavy atom. The first-order valence-electron chi connectivity index (χ1n) is 11.8. The van der Waals surface area contributed by atoms with Crippen LogP contribution in [0.4, 0.5) is 15.8 Å². The standard InChI is InChI=1S/C29H22FN5OS/c30-22-8-3-18(4-9-22)20-5-10-23(31)24(15-20)34-27(36)19-1-6-21(7-2-19)29(11-12-29)28-35-26(17-37-28)25-16-32-13-14-33-25/h1-10,13-17H,11-12,31H2,(H,34,36). The Kier molecular flexibility index (Phi) is 5.73. The van der Waals surface area contributed by atoms with E-state index in [9.17, 15) is 9.18 Å². The van der Waals surface area contributed by atoms with Gasteiger partial charge in [0.2, 0.25) is 0 Å². The van der Waals surface area contributed by atoms with Gasteiger partial charge in [0.1, 0.15) is 22.2 Å². The minimum absolute atomic E-state index is 0.117. The molecule has 0 atom stereocenters. The van der Waals surface area contributed by atoms with Crippen LogP contribution in [0.5, 0.6) is 0 Å². The number of hydrogen-bond acceptors (Lipinski definition) is 6. The molecule has 3 N–H and O–H groups in total. The number of aromatic nitrogens is 3. The molecule has 3 aromatic carbocycles. The van der Waals surface area contributed by atoms with Gasteiger partial charge in [-0.3, -0.25) is 14.8 Å². The predicted octanol–water partition coefficient (Wildman–Crippen LogP) is 6.32. The van der Waals surface area contributed by atoms with Gasteiger partial charge in [0, 0.05) is 28.8 Å². The highest BCUT2D eigenvalue weighted by Gasteiger charge is 2.48. The number of nitrogens with one attached hydrogen (secondary N) is 1. The minimum atomic E-state index is -0.301. The lowest BCUT2D eigenvalue weighted by Gasteiger charge is -2.14. The largest absolute Gasteiger partial charge is 0.397 e. The highest BCUT2D eigenvalue weighted by atomic mass is 32.1. The molecule has 8 heteroatoms. The van der Waals surface area contributed by atoms with Crippen LogP contribution in [-0.2, 0) is 5.41 Å². The zero-order chi connectivity index (χ0) is 25.4. The maximum absolute atomic E-state index is 13.3. The van der Waals surface area contributed by atoms with E-state index in [-0.39, 0.29) is 17.1 Å². The summed E-state index contributed by atoms with van der Waals surface area (Å²) < 4.78 is 13.3. The zero-order valence-corrected chi connectivity index (χ0v) is 20.5. The summed E-state index contributed by atoms with van der Waals surface area (Å²) in [7, 11) is 0.